The number of amides is 2. The van der Waals surface area contributed by atoms with Crippen molar-refractivity contribution < 1.29 is 27.5 Å². The number of methoxy groups -OCH3 is 2. The molecule has 1 atom stereocenters. The van der Waals surface area contributed by atoms with Crippen molar-refractivity contribution in [2.45, 2.75) is 45.2 Å². The highest BCUT2D eigenvalue weighted by atomic mass is 79.9. The standard InChI is InChI=1S/C31H38BrN3O6S/c1-21(2)18-33-31(37)23(4)34(19-24-8-7-9-25(32)16-24)30(36)20-35(28-17-26(40-5)12-15-29(28)41-6)42(38,39)27-13-10-22(3)11-14-27/h7-17,21,23H,18-20H2,1-6H3,(H,33,37). The first-order valence-corrected chi connectivity index (χ1v) is 15.7. The molecule has 0 aliphatic carbocycles. The fourth-order valence-electron chi connectivity index (χ4n) is 4.21. The fraction of sp³-hybridized carbons (Fsp3) is 0.355. The highest BCUT2D eigenvalue weighted by Gasteiger charge is 2.34. The maximum atomic E-state index is 14.1. The molecule has 0 aliphatic rings. The summed E-state index contributed by atoms with van der Waals surface area (Å²) in [5.41, 5.74) is 1.79. The van der Waals surface area contributed by atoms with Crippen molar-refractivity contribution in [3.05, 3.63) is 82.3 Å². The molecule has 1 unspecified atom stereocenters. The summed E-state index contributed by atoms with van der Waals surface area (Å²) in [5.74, 6) is -0.0666. The summed E-state index contributed by atoms with van der Waals surface area (Å²) in [6.45, 7) is 7.38. The van der Waals surface area contributed by atoms with E-state index in [1.165, 1.54) is 37.3 Å². The van der Waals surface area contributed by atoms with Gasteiger partial charge in [-0.25, -0.2) is 8.42 Å². The smallest absolute Gasteiger partial charge is 0.264 e. The van der Waals surface area contributed by atoms with Crippen LogP contribution >= 0.6 is 15.9 Å². The number of anilines is 1. The van der Waals surface area contributed by atoms with E-state index in [9.17, 15) is 18.0 Å². The summed E-state index contributed by atoms with van der Waals surface area (Å²) in [7, 11) is -1.38. The Labute approximate surface area is 257 Å². The molecule has 0 aromatic heterocycles. The van der Waals surface area contributed by atoms with Crippen molar-refractivity contribution in [1.82, 2.24) is 10.2 Å². The molecule has 3 aromatic rings. The molecule has 9 nitrogen and oxygen atoms in total. The molecular formula is C31H38BrN3O6S. The molecule has 226 valence electrons. The van der Waals surface area contributed by atoms with E-state index in [4.69, 9.17) is 9.47 Å². The Kier molecular flexibility index (Phi) is 11.4. The Morgan fingerprint density at radius 2 is 1.64 bits per heavy atom. The number of sulfonamides is 1. The van der Waals surface area contributed by atoms with Gasteiger partial charge >= 0.3 is 0 Å². The number of nitrogens with one attached hydrogen (secondary N) is 1. The third-order valence-corrected chi connectivity index (χ3v) is 8.90. The molecule has 0 spiro atoms. The number of halogens is 1. The number of nitrogens with zero attached hydrogens (tertiary/aromatic N) is 2. The molecule has 3 rings (SSSR count). The van der Waals surface area contributed by atoms with Crippen LogP contribution in [0.25, 0.3) is 0 Å². The summed E-state index contributed by atoms with van der Waals surface area (Å²) >= 11 is 3.46. The van der Waals surface area contributed by atoms with Gasteiger partial charge in [-0.1, -0.05) is 59.6 Å². The number of hydrogen-bond acceptors (Lipinski definition) is 6. The quantitative estimate of drug-likeness (QED) is 0.272. The number of aryl methyl sites for hydroxylation is 1. The first-order valence-electron chi connectivity index (χ1n) is 13.5. The lowest BCUT2D eigenvalue weighted by molar-refractivity contribution is -0.139. The van der Waals surface area contributed by atoms with Crippen molar-refractivity contribution in [3.8, 4) is 11.5 Å². The fourth-order valence-corrected chi connectivity index (χ4v) is 6.07. The number of carbonyl (C=O) groups is 2. The van der Waals surface area contributed by atoms with Crippen LogP contribution in [-0.2, 0) is 26.2 Å². The normalized spacial score (nSPS) is 12.0. The molecule has 0 saturated heterocycles. The molecule has 3 aromatic carbocycles. The maximum Gasteiger partial charge on any atom is 0.264 e. The van der Waals surface area contributed by atoms with Gasteiger partial charge in [0, 0.05) is 23.6 Å². The molecular weight excluding hydrogens is 622 g/mol. The second kappa shape index (κ2) is 14.6. The van der Waals surface area contributed by atoms with Gasteiger partial charge < -0.3 is 19.7 Å². The van der Waals surface area contributed by atoms with Gasteiger partial charge in [-0.15, -0.1) is 0 Å². The summed E-state index contributed by atoms with van der Waals surface area (Å²) < 4.78 is 41.0. The van der Waals surface area contributed by atoms with Crippen molar-refractivity contribution in [1.29, 1.82) is 0 Å². The van der Waals surface area contributed by atoms with Crippen LogP contribution in [0.5, 0.6) is 11.5 Å². The van der Waals surface area contributed by atoms with E-state index in [2.05, 4.69) is 21.2 Å². The lowest BCUT2D eigenvalue weighted by atomic mass is 10.1. The minimum atomic E-state index is -4.26. The highest BCUT2D eigenvalue weighted by Crippen LogP contribution is 2.36. The van der Waals surface area contributed by atoms with Crippen LogP contribution in [0.4, 0.5) is 5.69 Å². The monoisotopic (exact) mass is 659 g/mol. The Bertz CT molecular complexity index is 1490. The molecule has 42 heavy (non-hydrogen) atoms. The zero-order valence-electron chi connectivity index (χ0n) is 24.8. The molecule has 0 heterocycles. The zero-order chi connectivity index (χ0) is 31.0. The first-order chi connectivity index (χ1) is 19.9. The lowest BCUT2D eigenvalue weighted by Gasteiger charge is -2.32. The van der Waals surface area contributed by atoms with Crippen molar-refractivity contribution in [2.24, 2.45) is 5.92 Å². The number of hydrogen-bond donors (Lipinski definition) is 1. The molecule has 2 amide bonds. The summed E-state index contributed by atoms with van der Waals surface area (Å²) in [6, 6.07) is 17.6. The molecule has 0 fully saturated rings. The van der Waals surface area contributed by atoms with Crippen LogP contribution < -0.4 is 19.1 Å². The van der Waals surface area contributed by atoms with Gasteiger partial charge in [-0.05, 0) is 61.7 Å². The maximum absolute atomic E-state index is 14.1. The number of rotatable bonds is 13. The van der Waals surface area contributed by atoms with E-state index in [0.717, 1.165) is 19.9 Å². The van der Waals surface area contributed by atoms with Crippen molar-refractivity contribution in [3.63, 3.8) is 0 Å². The van der Waals surface area contributed by atoms with Gasteiger partial charge in [-0.2, -0.15) is 0 Å². The summed E-state index contributed by atoms with van der Waals surface area (Å²) in [5, 5.41) is 2.88. The van der Waals surface area contributed by atoms with Gasteiger partial charge in [0.15, 0.2) is 0 Å². The topological polar surface area (TPSA) is 105 Å². The van der Waals surface area contributed by atoms with E-state index in [-0.39, 0.29) is 34.7 Å². The average Bonchev–Trinajstić information content (AvgIpc) is 2.96. The zero-order valence-corrected chi connectivity index (χ0v) is 27.2. The molecule has 0 aliphatic heterocycles. The predicted molar refractivity (Wildman–Crippen MR) is 167 cm³/mol. The Morgan fingerprint density at radius 1 is 0.952 bits per heavy atom. The van der Waals surface area contributed by atoms with E-state index in [1.54, 1.807) is 31.2 Å². The Hall–Kier alpha value is -3.57. The van der Waals surface area contributed by atoms with Gasteiger partial charge in [0.05, 0.1) is 24.8 Å². The predicted octanol–water partition coefficient (Wildman–Crippen LogP) is 5.16. The summed E-state index contributed by atoms with van der Waals surface area (Å²) in [4.78, 5) is 28.7. The van der Waals surface area contributed by atoms with Crippen LogP contribution in [0.1, 0.15) is 31.9 Å². The second-order valence-electron chi connectivity index (χ2n) is 10.3. The van der Waals surface area contributed by atoms with Crippen molar-refractivity contribution in [2.75, 3.05) is 31.6 Å². The van der Waals surface area contributed by atoms with E-state index in [0.29, 0.717) is 12.3 Å². The van der Waals surface area contributed by atoms with Gasteiger partial charge in [0.25, 0.3) is 10.0 Å². The van der Waals surface area contributed by atoms with Gasteiger partial charge in [0.1, 0.15) is 24.1 Å². The third-order valence-electron chi connectivity index (χ3n) is 6.64. The van der Waals surface area contributed by atoms with E-state index >= 15 is 0 Å². The van der Waals surface area contributed by atoms with Crippen LogP contribution in [0, 0.1) is 12.8 Å². The number of carbonyl (C=O) groups excluding carboxylic acids is 2. The molecule has 11 heteroatoms. The molecule has 1 N–H and O–H groups in total. The Balaban J connectivity index is 2.11. The van der Waals surface area contributed by atoms with E-state index < -0.39 is 28.5 Å². The van der Waals surface area contributed by atoms with Crippen molar-refractivity contribution >= 4 is 43.5 Å². The molecule has 0 radical (unpaired) electrons. The number of ether oxygens (including phenoxy) is 2. The minimum Gasteiger partial charge on any atom is -0.497 e. The number of benzene rings is 3. The lowest BCUT2D eigenvalue weighted by Crippen LogP contribution is -2.51. The van der Waals surface area contributed by atoms with Gasteiger partial charge in [-0.3, -0.25) is 13.9 Å². The average molecular weight is 661 g/mol. The minimum absolute atomic E-state index is 0.00652. The SMILES string of the molecule is COc1ccc(OC)c(N(CC(=O)N(Cc2cccc(Br)c2)C(C)C(=O)NCC(C)C)S(=O)(=O)c2ccc(C)cc2)c1. The molecule has 0 saturated carbocycles. The largest absolute Gasteiger partial charge is 0.497 e. The van der Waals surface area contributed by atoms with Crippen LogP contribution in [0.15, 0.2) is 76.1 Å². The van der Waals surface area contributed by atoms with Gasteiger partial charge in [0.2, 0.25) is 11.8 Å². The summed E-state index contributed by atoms with van der Waals surface area (Å²) in [6.07, 6.45) is 0. The third kappa shape index (κ3) is 8.25. The van der Waals surface area contributed by atoms with Crippen LogP contribution in [0.2, 0.25) is 0 Å². The second-order valence-corrected chi connectivity index (χ2v) is 13.1. The first kappa shape index (κ1) is 32.9. The molecule has 0 bridgehead atoms. The van der Waals surface area contributed by atoms with E-state index in [1.807, 2.05) is 45.0 Å². The highest BCUT2D eigenvalue weighted by molar-refractivity contribution is 9.10. The van der Waals surface area contributed by atoms with Crippen LogP contribution in [-0.4, -0.2) is 58.5 Å². The Morgan fingerprint density at radius 3 is 2.24 bits per heavy atom. The van der Waals surface area contributed by atoms with Crippen LogP contribution in [0.3, 0.4) is 0 Å².